The molecule has 9 heteroatoms. The molecule has 1 atom stereocenters. The number of carbonyl (C=O) groups excluding carboxylic acids is 1. The molecule has 4 rings (SSSR count). The summed E-state index contributed by atoms with van der Waals surface area (Å²) in [5.41, 5.74) is 3.79. The van der Waals surface area contributed by atoms with Crippen LogP contribution in [0.2, 0.25) is 5.02 Å². The molecule has 1 aliphatic carbocycles. The summed E-state index contributed by atoms with van der Waals surface area (Å²) in [6.45, 7) is 8.02. The number of amides is 1. The lowest BCUT2D eigenvalue weighted by Crippen LogP contribution is -2.42. The van der Waals surface area contributed by atoms with Crippen LogP contribution >= 0.6 is 11.6 Å². The Hall–Kier alpha value is -2.06. The van der Waals surface area contributed by atoms with Crippen molar-refractivity contribution in [2.45, 2.75) is 63.3 Å². The highest BCUT2D eigenvalue weighted by atomic mass is 35.5. The molecule has 2 aliphatic rings. The van der Waals surface area contributed by atoms with E-state index in [4.69, 9.17) is 21.4 Å². The van der Waals surface area contributed by atoms with Crippen LogP contribution in [-0.4, -0.2) is 47.6 Å². The van der Waals surface area contributed by atoms with Gasteiger partial charge in [0, 0.05) is 36.0 Å². The molecule has 0 radical (unpaired) electrons. The summed E-state index contributed by atoms with van der Waals surface area (Å²) in [7, 11) is -1.39. The highest BCUT2D eigenvalue weighted by molar-refractivity contribution is 7.92. The first-order valence-electron chi connectivity index (χ1n) is 10.8. The maximum atomic E-state index is 12.7. The molecule has 1 amide bonds. The van der Waals surface area contributed by atoms with Crippen molar-refractivity contribution in [3.05, 3.63) is 40.0 Å². The van der Waals surface area contributed by atoms with Crippen LogP contribution in [0.5, 0.6) is 0 Å². The molecule has 0 saturated heterocycles. The fourth-order valence-electron chi connectivity index (χ4n) is 4.65. The van der Waals surface area contributed by atoms with Crippen LogP contribution < -0.4 is 0 Å². The number of hydrogen-bond acceptors (Lipinski definition) is 5. The number of ether oxygens (including phenoxy) is 1. The molecule has 1 fully saturated rings. The topological polar surface area (TPSA) is 81.5 Å². The molecule has 0 N–H and O–H groups in total. The molecule has 7 nitrogen and oxygen atoms in total. The molecular formula is C23H30ClN3O4S. The van der Waals surface area contributed by atoms with Crippen molar-refractivity contribution in [1.82, 2.24) is 14.7 Å². The van der Waals surface area contributed by atoms with Gasteiger partial charge in [-0.25, -0.2) is 13.2 Å². The zero-order valence-corrected chi connectivity index (χ0v) is 21.0. The van der Waals surface area contributed by atoms with Gasteiger partial charge in [-0.3, -0.25) is 9.58 Å². The third kappa shape index (κ3) is 3.92. The number of sulfone groups is 1. The van der Waals surface area contributed by atoms with E-state index in [2.05, 4.69) is 0 Å². The second-order valence-corrected chi connectivity index (χ2v) is 12.7. The zero-order chi connectivity index (χ0) is 23.6. The van der Waals surface area contributed by atoms with Gasteiger partial charge < -0.3 is 4.74 Å². The fraction of sp³-hybridized carbons (Fsp3) is 0.565. The van der Waals surface area contributed by atoms with E-state index in [0.29, 0.717) is 30.8 Å². The van der Waals surface area contributed by atoms with E-state index in [-0.39, 0.29) is 12.1 Å². The van der Waals surface area contributed by atoms with E-state index >= 15 is 0 Å². The largest absolute Gasteiger partial charge is 0.444 e. The molecular weight excluding hydrogens is 450 g/mol. The van der Waals surface area contributed by atoms with Crippen molar-refractivity contribution in [3.8, 4) is 11.3 Å². The van der Waals surface area contributed by atoms with Crippen LogP contribution in [-0.2, 0) is 32.8 Å². The Balaban J connectivity index is 1.74. The predicted octanol–water partition coefficient (Wildman–Crippen LogP) is 4.63. The van der Waals surface area contributed by atoms with Gasteiger partial charge in [-0.05, 0) is 70.7 Å². The maximum Gasteiger partial charge on any atom is 0.410 e. The van der Waals surface area contributed by atoms with Crippen LogP contribution in [0.1, 0.15) is 63.4 Å². The molecule has 1 aromatic carbocycles. The number of halogens is 1. The summed E-state index contributed by atoms with van der Waals surface area (Å²) in [6, 6.07) is 5.31. The lowest BCUT2D eigenvalue weighted by Gasteiger charge is -2.34. The molecule has 1 aromatic heterocycles. The van der Waals surface area contributed by atoms with Crippen LogP contribution in [0.4, 0.5) is 4.79 Å². The number of carbonyl (C=O) groups is 1. The Labute approximate surface area is 194 Å². The van der Waals surface area contributed by atoms with Gasteiger partial charge in [-0.2, -0.15) is 5.10 Å². The smallest absolute Gasteiger partial charge is 0.410 e. The first-order valence-corrected chi connectivity index (χ1v) is 13.1. The normalized spacial score (nSPS) is 20.1. The monoisotopic (exact) mass is 479 g/mol. The molecule has 1 aliphatic heterocycles. The van der Waals surface area contributed by atoms with Crippen LogP contribution in [0, 0.1) is 0 Å². The summed E-state index contributed by atoms with van der Waals surface area (Å²) in [5.74, 6) is 0. The van der Waals surface area contributed by atoms with E-state index < -0.39 is 20.2 Å². The standard InChI is InChI=1S/C23H30ClN3O4S/c1-14-19-18(7-10-27(14)21(28)31-22(2,3)4)20(26(5)25-19)15-11-16(13-17(24)12-15)23(8-9-23)32(6,29)30/h11-14H,7-10H2,1-6H3. The quantitative estimate of drug-likeness (QED) is 0.641. The Morgan fingerprint density at radius 1 is 1.25 bits per heavy atom. The highest BCUT2D eigenvalue weighted by Crippen LogP contribution is 2.53. The summed E-state index contributed by atoms with van der Waals surface area (Å²) in [6.07, 6.45) is 2.78. The van der Waals surface area contributed by atoms with Gasteiger partial charge in [-0.15, -0.1) is 0 Å². The molecule has 2 aromatic rings. The molecule has 2 heterocycles. The van der Waals surface area contributed by atoms with Crippen molar-refractivity contribution in [1.29, 1.82) is 0 Å². The van der Waals surface area contributed by atoms with E-state index in [1.807, 2.05) is 46.9 Å². The SMILES string of the molecule is CC1c2nn(C)c(-c3cc(Cl)cc(C4(S(C)(=O)=O)CC4)c3)c2CCN1C(=O)OC(C)(C)C. The third-order valence-electron chi connectivity index (χ3n) is 6.38. The summed E-state index contributed by atoms with van der Waals surface area (Å²) in [4.78, 5) is 14.4. The summed E-state index contributed by atoms with van der Waals surface area (Å²) < 4.78 is 31.4. The van der Waals surface area contributed by atoms with E-state index in [0.717, 1.165) is 28.1 Å². The van der Waals surface area contributed by atoms with Gasteiger partial charge in [0.25, 0.3) is 0 Å². The van der Waals surface area contributed by atoms with Crippen LogP contribution in [0.3, 0.4) is 0 Å². The minimum absolute atomic E-state index is 0.238. The first kappa shape index (κ1) is 23.1. The van der Waals surface area contributed by atoms with Gasteiger partial charge >= 0.3 is 6.09 Å². The van der Waals surface area contributed by atoms with Crippen LogP contribution in [0.25, 0.3) is 11.3 Å². The molecule has 1 saturated carbocycles. The average molecular weight is 480 g/mol. The zero-order valence-electron chi connectivity index (χ0n) is 19.4. The number of rotatable bonds is 3. The first-order chi connectivity index (χ1) is 14.7. The Morgan fingerprint density at radius 2 is 1.91 bits per heavy atom. The second kappa shape index (κ2) is 7.48. The van der Waals surface area contributed by atoms with Gasteiger partial charge in [0.2, 0.25) is 0 Å². The van der Waals surface area contributed by atoms with E-state index in [1.165, 1.54) is 6.26 Å². The number of fused-ring (bicyclic) bond motifs is 1. The van der Waals surface area contributed by atoms with Crippen molar-refractivity contribution in [2.24, 2.45) is 7.05 Å². The number of nitrogens with zero attached hydrogens (tertiary/aromatic N) is 3. The third-order valence-corrected chi connectivity index (χ3v) is 8.66. The fourth-order valence-corrected chi connectivity index (χ4v) is 6.28. The minimum atomic E-state index is -3.25. The Kier molecular flexibility index (Phi) is 5.41. The van der Waals surface area contributed by atoms with Gasteiger partial charge in [0.1, 0.15) is 5.60 Å². The molecule has 174 valence electrons. The average Bonchev–Trinajstić information content (AvgIpc) is 3.38. The predicted molar refractivity (Wildman–Crippen MR) is 124 cm³/mol. The second-order valence-electron chi connectivity index (χ2n) is 9.93. The lowest BCUT2D eigenvalue weighted by molar-refractivity contribution is 0.0155. The van der Waals surface area contributed by atoms with Crippen molar-refractivity contribution in [3.63, 3.8) is 0 Å². The lowest BCUT2D eigenvalue weighted by atomic mass is 9.94. The maximum absolute atomic E-state index is 12.7. The molecule has 0 bridgehead atoms. The summed E-state index contributed by atoms with van der Waals surface area (Å²) in [5, 5.41) is 5.23. The van der Waals surface area contributed by atoms with Crippen molar-refractivity contribution in [2.75, 3.05) is 12.8 Å². The molecule has 0 spiro atoms. The van der Waals surface area contributed by atoms with Gasteiger partial charge in [0.05, 0.1) is 22.2 Å². The van der Waals surface area contributed by atoms with Gasteiger partial charge in [-0.1, -0.05) is 11.6 Å². The number of hydrogen-bond donors (Lipinski definition) is 0. The van der Waals surface area contributed by atoms with E-state index in [1.54, 1.807) is 15.6 Å². The van der Waals surface area contributed by atoms with Crippen molar-refractivity contribution < 1.29 is 17.9 Å². The number of benzene rings is 1. The number of aryl methyl sites for hydroxylation is 1. The highest BCUT2D eigenvalue weighted by Gasteiger charge is 2.53. The van der Waals surface area contributed by atoms with Crippen molar-refractivity contribution >= 4 is 27.5 Å². The van der Waals surface area contributed by atoms with E-state index in [9.17, 15) is 13.2 Å². The minimum Gasteiger partial charge on any atom is -0.444 e. The van der Waals surface area contributed by atoms with Gasteiger partial charge in [0.15, 0.2) is 9.84 Å². The van der Waals surface area contributed by atoms with Crippen LogP contribution in [0.15, 0.2) is 18.2 Å². The Morgan fingerprint density at radius 3 is 2.47 bits per heavy atom. The molecule has 32 heavy (non-hydrogen) atoms. The molecule has 1 unspecified atom stereocenters. The summed E-state index contributed by atoms with van der Waals surface area (Å²) >= 11 is 6.45. The Bertz CT molecular complexity index is 1190. The number of aromatic nitrogens is 2.